The SMILES string of the molecule is O=c1cc(B(O)O)ccn1Cc1cccc(OC(F)(F)F)c1. The Kier molecular flexibility index (Phi) is 4.58. The average molecular weight is 313 g/mol. The van der Waals surface area contributed by atoms with Gasteiger partial charge in [0.15, 0.2) is 0 Å². The van der Waals surface area contributed by atoms with Gasteiger partial charge in [0.2, 0.25) is 5.56 Å². The Labute approximate surface area is 123 Å². The molecule has 2 N–H and O–H groups in total. The third-order valence-corrected chi connectivity index (χ3v) is 2.80. The molecule has 0 aliphatic rings. The van der Waals surface area contributed by atoms with E-state index < -0.39 is 19.0 Å². The van der Waals surface area contributed by atoms with E-state index >= 15 is 0 Å². The number of benzene rings is 1. The maximum atomic E-state index is 12.2. The molecule has 0 fully saturated rings. The molecule has 5 nitrogen and oxygen atoms in total. The lowest BCUT2D eigenvalue weighted by atomic mass is 9.81. The summed E-state index contributed by atoms with van der Waals surface area (Å²) < 4.78 is 41.5. The van der Waals surface area contributed by atoms with Crippen LogP contribution in [0.3, 0.4) is 0 Å². The fourth-order valence-corrected chi connectivity index (χ4v) is 1.85. The first-order valence-corrected chi connectivity index (χ1v) is 6.16. The summed E-state index contributed by atoms with van der Waals surface area (Å²) in [6, 6.07) is 7.64. The van der Waals surface area contributed by atoms with E-state index in [4.69, 9.17) is 10.0 Å². The van der Waals surface area contributed by atoms with Crippen molar-refractivity contribution in [2.24, 2.45) is 0 Å². The van der Waals surface area contributed by atoms with Crippen LogP contribution in [0.2, 0.25) is 0 Å². The molecule has 0 aliphatic carbocycles. The summed E-state index contributed by atoms with van der Waals surface area (Å²) in [6.45, 7) is 0.0235. The molecule has 2 rings (SSSR count). The zero-order valence-corrected chi connectivity index (χ0v) is 11.1. The van der Waals surface area contributed by atoms with Crippen LogP contribution >= 0.6 is 0 Å². The maximum Gasteiger partial charge on any atom is 0.573 e. The van der Waals surface area contributed by atoms with E-state index in [0.717, 1.165) is 12.1 Å². The summed E-state index contributed by atoms with van der Waals surface area (Å²) in [5, 5.41) is 17.9. The van der Waals surface area contributed by atoms with Crippen LogP contribution in [-0.2, 0) is 6.54 Å². The third kappa shape index (κ3) is 4.37. The molecule has 22 heavy (non-hydrogen) atoms. The van der Waals surface area contributed by atoms with Crippen LogP contribution in [-0.4, -0.2) is 28.1 Å². The van der Waals surface area contributed by atoms with Gasteiger partial charge in [-0.05, 0) is 29.2 Å². The van der Waals surface area contributed by atoms with Crippen LogP contribution in [0.1, 0.15) is 5.56 Å². The summed E-state index contributed by atoms with van der Waals surface area (Å²) in [5.74, 6) is -0.375. The van der Waals surface area contributed by atoms with Crippen LogP contribution in [0.15, 0.2) is 47.4 Å². The highest BCUT2D eigenvalue weighted by Gasteiger charge is 2.31. The lowest BCUT2D eigenvalue weighted by molar-refractivity contribution is -0.274. The molecule has 0 amide bonds. The molecule has 0 radical (unpaired) electrons. The van der Waals surface area contributed by atoms with Crippen molar-refractivity contribution >= 4 is 12.6 Å². The highest BCUT2D eigenvalue weighted by molar-refractivity contribution is 6.58. The number of aromatic nitrogens is 1. The van der Waals surface area contributed by atoms with Gasteiger partial charge in [0.25, 0.3) is 0 Å². The van der Waals surface area contributed by atoms with E-state index in [2.05, 4.69) is 4.74 Å². The van der Waals surface area contributed by atoms with Gasteiger partial charge < -0.3 is 19.4 Å². The molecule has 0 atom stereocenters. The van der Waals surface area contributed by atoms with E-state index in [-0.39, 0.29) is 17.8 Å². The minimum atomic E-state index is -4.78. The minimum absolute atomic E-state index is 0.0235. The molecule has 9 heteroatoms. The molecule has 0 saturated carbocycles. The van der Waals surface area contributed by atoms with Crippen molar-refractivity contribution in [2.75, 3.05) is 0 Å². The summed E-state index contributed by atoms with van der Waals surface area (Å²) >= 11 is 0. The molecule has 0 bridgehead atoms. The second kappa shape index (κ2) is 6.24. The Morgan fingerprint density at radius 1 is 1.18 bits per heavy atom. The number of hydrogen-bond acceptors (Lipinski definition) is 4. The maximum absolute atomic E-state index is 12.2. The predicted octanol–water partition coefficient (Wildman–Crippen LogP) is 0.475. The first kappa shape index (κ1) is 16.1. The van der Waals surface area contributed by atoms with Crippen molar-refractivity contribution in [3.05, 3.63) is 58.5 Å². The molecule has 0 spiro atoms. The molecule has 2 aromatic rings. The summed E-state index contributed by atoms with van der Waals surface area (Å²) in [6.07, 6.45) is -3.46. The Bertz CT molecular complexity index is 715. The second-order valence-electron chi connectivity index (χ2n) is 4.50. The number of ether oxygens (including phenoxy) is 1. The Hall–Kier alpha value is -2.26. The number of pyridine rings is 1. The van der Waals surface area contributed by atoms with Crippen molar-refractivity contribution in [2.45, 2.75) is 12.9 Å². The van der Waals surface area contributed by atoms with Crippen LogP contribution in [0.4, 0.5) is 13.2 Å². The monoisotopic (exact) mass is 313 g/mol. The van der Waals surface area contributed by atoms with Crippen LogP contribution in [0, 0.1) is 0 Å². The Morgan fingerprint density at radius 2 is 1.91 bits per heavy atom. The highest BCUT2D eigenvalue weighted by Crippen LogP contribution is 2.23. The molecule has 1 aromatic carbocycles. The molecule has 1 heterocycles. The number of hydrogen-bond donors (Lipinski definition) is 2. The summed E-state index contributed by atoms with van der Waals surface area (Å²) in [5.41, 5.74) is -0.0377. The molecule has 0 unspecified atom stereocenters. The fourth-order valence-electron chi connectivity index (χ4n) is 1.85. The number of nitrogens with zero attached hydrogens (tertiary/aromatic N) is 1. The first-order chi connectivity index (χ1) is 10.2. The predicted molar refractivity (Wildman–Crippen MR) is 72.8 cm³/mol. The zero-order chi connectivity index (χ0) is 16.3. The topological polar surface area (TPSA) is 71.7 Å². The zero-order valence-electron chi connectivity index (χ0n) is 11.1. The van der Waals surface area contributed by atoms with Crippen LogP contribution in [0.5, 0.6) is 5.75 Å². The summed E-state index contributed by atoms with van der Waals surface area (Å²) in [4.78, 5) is 11.8. The molecular weight excluding hydrogens is 302 g/mol. The normalized spacial score (nSPS) is 11.3. The van der Waals surface area contributed by atoms with Gasteiger partial charge in [-0.3, -0.25) is 4.79 Å². The van der Waals surface area contributed by atoms with Gasteiger partial charge in [-0.1, -0.05) is 12.1 Å². The van der Waals surface area contributed by atoms with Crippen LogP contribution < -0.4 is 15.8 Å². The lowest BCUT2D eigenvalue weighted by Crippen LogP contribution is -2.35. The molecular formula is C13H11BF3NO4. The van der Waals surface area contributed by atoms with E-state index in [1.807, 2.05) is 0 Å². The van der Waals surface area contributed by atoms with Crippen molar-refractivity contribution in [3.63, 3.8) is 0 Å². The minimum Gasteiger partial charge on any atom is -0.423 e. The fraction of sp³-hybridized carbons (Fsp3) is 0.154. The quantitative estimate of drug-likeness (QED) is 0.805. The smallest absolute Gasteiger partial charge is 0.423 e. The molecule has 1 aromatic heterocycles. The van der Waals surface area contributed by atoms with E-state index in [1.54, 1.807) is 6.07 Å². The van der Waals surface area contributed by atoms with Gasteiger partial charge in [0.1, 0.15) is 5.75 Å². The van der Waals surface area contributed by atoms with Crippen LogP contribution in [0.25, 0.3) is 0 Å². The Morgan fingerprint density at radius 3 is 2.50 bits per heavy atom. The molecule has 0 saturated heterocycles. The van der Waals surface area contributed by atoms with Gasteiger partial charge in [-0.15, -0.1) is 13.2 Å². The van der Waals surface area contributed by atoms with E-state index in [9.17, 15) is 18.0 Å². The van der Waals surface area contributed by atoms with Gasteiger partial charge in [-0.25, -0.2) is 0 Å². The highest BCUT2D eigenvalue weighted by atomic mass is 19.4. The van der Waals surface area contributed by atoms with Crippen molar-refractivity contribution in [3.8, 4) is 5.75 Å². The third-order valence-electron chi connectivity index (χ3n) is 2.80. The lowest BCUT2D eigenvalue weighted by Gasteiger charge is -2.11. The summed E-state index contributed by atoms with van der Waals surface area (Å²) in [7, 11) is -1.76. The van der Waals surface area contributed by atoms with Crippen molar-refractivity contribution < 1.29 is 28.0 Å². The standard InChI is InChI=1S/C13H11BF3NO4/c15-13(16,17)22-11-3-1-2-9(6-11)8-18-5-4-10(14(20)21)7-12(18)19/h1-7,20-21H,8H2. The first-order valence-electron chi connectivity index (χ1n) is 6.16. The van der Waals surface area contributed by atoms with Crippen molar-refractivity contribution in [1.82, 2.24) is 4.57 Å². The number of halogens is 3. The van der Waals surface area contributed by atoms with Crippen molar-refractivity contribution in [1.29, 1.82) is 0 Å². The molecule has 116 valence electrons. The van der Waals surface area contributed by atoms with Gasteiger partial charge in [-0.2, -0.15) is 0 Å². The average Bonchev–Trinajstić information content (AvgIpc) is 2.39. The number of alkyl halides is 3. The van der Waals surface area contributed by atoms with Gasteiger partial charge >= 0.3 is 13.5 Å². The molecule has 0 aliphatic heterocycles. The van der Waals surface area contributed by atoms with E-state index in [0.29, 0.717) is 5.56 Å². The van der Waals surface area contributed by atoms with E-state index in [1.165, 1.54) is 29.0 Å². The largest absolute Gasteiger partial charge is 0.573 e. The second-order valence-corrected chi connectivity index (χ2v) is 4.50. The number of rotatable bonds is 4. The van der Waals surface area contributed by atoms with Gasteiger partial charge in [0, 0.05) is 12.3 Å². The van der Waals surface area contributed by atoms with Gasteiger partial charge in [0.05, 0.1) is 6.54 Å². The Balaban J connectivity index is 2.21.